The molecule has 0 spiro atoms. The second-order valence-corrected chi connectivity index (χ2v) is 5.32. The molecule has 2 rings (SSSR count). The second-order valence-electron chi connectivity index (χ2n) is 4.46. The molecule has 4 heteroatoms. The molecule has 106 valence electrons. The van der Waals surface area contributed by atoms with Gasteiger partial charge in [0.2, 0.25) is 0 Å². The van der Waals surface area contributed by atoms with Gasteiger partial charge in [0.15, 0.2) is 0 Å². The first-order valence-corrected chi connectivity index (χ1v) is 7.34. The average molecular weight is 338 g/mol. The molecule has 0 fully saturated rings. The van der Waals surface area contributed by atoms with Crippen LogP contribution in [-0.4, -0.2) is 6.61 Å². The summed E-state index contributed by atoms with van der Waals surface area (Å²) < 4.78 is 19.4. The monoisotopic (exact) mass is 337 g/mol. The van der Waals surface area contributed by atoms with Crippen LogP contribution in [0.15, 0.2) is 46.9 Å². The van der Waals surface area contributed by atoms with Crippen molar-refractivity contribution in [1.82, 2.24) is 0 Å². The standard InChI is InChI=1S/C16H17BrFNO/c1-3-20-16-7-5-4-6-13(16)11(2)19-15-9-8-12(18)10-14(15)17/h4-11,19H,3H2,1-2H3. The van der Waals surface area contributed by atoms with Crippen molar-refractivity contribution in [3.63, 3.8) is 0 Å². The maximum absolute atomic E-state index is 13.1. The summed E-state index contributed by atoms with van der Waals surface area (Å²) in [6.07, 6.45) is 0. The Morgan fingerprint density at radius 3 is 2.70 bits per heavy atom. The van der Waals surface area contributed by atoms with Crippen LogP contribution >= 0.6 is 15.9 Å². The molecule has 0 saturated carbocycles. The zero-order valence-electron chi connectivity index (χ0n) is 11.5. The molecule has 1 N–H and O–H groups in total. The number of ether oxygens (including phenoxy) is 1. The third-order valence-electron chi connectivity index (χ3n) is 2.99. The van der Waals surface area contributed by atoms with Crippen LogP contribution in [0.4, 0.5) is 10.1 Å². The quantitative estimate of drug-likeness (QED) is 0.813. The van der Waals surface area contributed by atoms with E-state index < -0.39 is 0 Å². The van der Waals surface area contributed by atoms with Gasteiger partial charge in [0.1, 0.15) is 11.6 Å². The number of anilines is 1. The molecular formula is C16H17BrFNO. The Morgan fingerprint density at radius 1 is 1.25 bits per heavy atom. The van der Waals surface area contributed by atoms with Gasteiger partial charge in [0.05, 0.1) is 12.6 Å². The highest BCUT2D eigenvalue weighted by Gasteiger charge is 2.12. The fourth-order valence-electron chi connectivity index (χ4n) is 2.04. The molecule has 2 aromatic carbocycles. The molecule has 0 aliphatic carbocycles. The van der Waals surface area contributed by atoms with E-state index in [1.807, 2.05) is 38.1 Å². The molecule has 0 amide bonds. The van der Waals surface area contributed by atoms with Crippen molar-refractivity contribution in [2.24, 2.45) is 0 Å². The molecule has 1 atom stereocenters. The summed E-state index contributed by atoms with van der Waals surface area (Å²) in [6, 6.07) is 12.6. The van der Waals surface area contributed by atoms with E-state index in [-0.39, 0.29) is 11.9 Å². The lowest BCUT2D eigenvalue weighted by Gasteiger charge is -2.19. The summed E-state index contributed by atoms with van der Waals surface area (Å²) in [5.74, 6) is 0.609. The molecule has 20 heavy (non-hydrogen) atoms. The van der Waals surface area contributed by atoms with Gasteiger partial charge in [0, 0.05) is 15.7 Å². The van der Waals surface area contributed by atoms with Gasteiger partial charge >= 0.3 is 0 Å². The summed E-state index contributed by atoms with van der Waals surface area (Å²) >= 11 is 3.36. The Balaban J connectivity index is 2.21. The fourth-order valence-corrected chi connectivity index (χ4v) is 2.51. The Hall–Kier alpha value is -1.55. The van der Waals surface area contributed by atoms with E-state index in [1.54, 1.807) is 6.07 Å². The number of nitrogens with one attached hydrogen (secondary N) is 1. The highest BCUT2D eigenvalue weighted by molar-refractivity contribution is 9.10. The third-order valence-corrected chi connectivity index (χ3v) is 3.64. The van der Waals surface area contributed by atoms with Crippen LogP contribution in [0, 0.1) is 5.82 Å². The minimum atomic E-state index is -0.259. The lowest BCUT2D eigenvalue weighted by Crippen LogP contribution is -2.09. The zero-order valence-corrected chi connectivity index (χ0v) is 13.1. The minimum absolute atomic E-state index is 0.0551. The lowest BCUT2D eigenvalue weighted by atomic mass is 10.1. The molecule has 0 bridgehead atoms. The summed E-state index contributed by atoms with van der Waals surface area (Å²) in [7, 11) is 0. The van der Waals surface area contributed by atoms with Crippen molar-refractivity contribution in [3.05, 3.63) is 58.3 Å². The Labute approximate surface area is 127 Å². The molecule has 0 saturated heterocycles. The Bertz CT molecular complexity index is 588. The van der Waals surface area contributed by atoms with Crippen LogP contribution in [0.2, 0.25) is 0 Å². The minimum Gasteiger partial charge on any atom is -0.494 e. The summed E-state index contributed by atoms with van der Waals surface area (Å²) in [6.45, 7) is 4.64. The molecular weight excluding hydrogens is 321 g/mol. The van der Waals surface area contributed by atoms with E-state index in [4.69, 9.17) is 4.74 Å². The van der Waals surface area contributed by atoms with E-state index >= 15 is 0 Å². The van der Waals surface area contributed by atoms with Crippen LogP contribution in [0.5, 0.6) is 5.75 Å². The van der Waals surface area contributed by atoms with Gasteiger partial charge in [-0.3, -0.25) is 0 Å². The van der Waals surface area contributed by atoms with Gasteiger partial charge < -0.3 is 10.1 Å². The Kier molecular flexibility index (Phi) is 5.01. The normalized spacial score (nSPS) is 12.0. The van der Waals surface area contributed by atoms with E-state index in [0.29, 0.717) is 11.1 Å². The van der Waals surface area contributed by atoms with Crippen LogP contribution in [0.1, 0.15) is 25.5 Å². The van der Waals surface area contributed by atoms with Gasteiger partial charge in [-0.15, -0.1) is 0 Å². The molecule has 0 aliphatic heterocycles. The first-order valence-electron chi connectivity index (χ1n) is 6.55. The van der Waals surface area contributed by atoms with E-state index in [9.17, 15) is 4.39 Å². The van der Waals surface area contributed by atoms with E-state index in [2.05, 4.69) is 21.2 Å². The van der Waals surface area contributed by atoms with Crippen molar-refractivity contribution in [3.8, 4) is 5.75 Å². The maximum Gasteiger partial charge on any atom is 0.124 e. The Morgan fingerprint density at radius 2 is 2.00 bits per heavy atom. The summed E-state index contributed by atoms with van der Waals surface area (Å²) in [5, 5.41) is 3.36. The summed E-state index contributed by atoms with van der Waals surface area (Å²) in [4.78, 5) is 0. The number of benzene rings is 2. The predicted octanol–water partition coefficient (Wildman–Crippen LogP) is 5.16. The first-order chi connectivity index (χ1) is 9.61. The average Bonchev–Trinajstić information content (AvgIpc) is 2.43. The van der Waals surface area contributed by atoms with Gasteiger partial charge in [0.25, 0.3) is 0 Å². The maximum atomic E-state index is 13.1. The lowest BCUT2D eigenvalue weighted by molar-refractivity contribution is 0.335. The van der Waals surface area contributed by atoms with Crippen molar-refractivity contribution >= 4 is 21.6 Å². The smallest absolute Gasteiger partial charge is 0.124 e. The summed E-state index contributed by atoms with van der Waals surface area (Å²) in [5.41, 5.74) is 1.93. The predicted molar refractivity (Wildman–Crippen MR) is 83.7 cm³/mol. The van der Waals surface area contributed by atoms with Crippen molar-refractivity contribution in [2.75, 3.05) is 11.9 Å². The van der Waals surface area contributed by atoms with Crippen LogP contribution in [0.3, 0.4) is 0 Å². The van der Waals surface area contributed by atoms with Crippen molar-refractivity contribution < 1.29 is 9.13 Å². The number of para-hydroxylation sites is 1. The first kappa shape index (κ1) is 14.9. The number of hydrogen-bond acceptors (Lipinski definition) is 2. The molecule has 0 aromatic heterocycles. The van der Waals surface area contributed by atoms with E-state index in [1.165, 1.54) is 12.1 Å². The number of hydrogen-bond donors (Lipinski definition) is 1. The molecule has 0 aliphatic rings. The number of halogens is 2. The molecule has 0 radical (unpaired) electrons. The van der Waals surface area contributed by atoms with Crippen LogP contribution in [0.25, 0.3) is 0 Å². The van der Waals surface area contributed by atoms with Crippen LogP contribution in [-0.2, 0) is 0 Å². The largest absolute Gasteiger partial charge is 0.494 e. The van der Waals surface area contributed by atoms with Crippen molar-refractivity contribution in [1.29, 1.82) is 0 Å². The molecule has 1 unspecified atom stereocenters. The zero-order chi connectivity index (χ0) is 14.5. The van der Waals surface area contributed by atoms with Crippen LogP contribution < -0.4 is 10.1 Å². The van der Waals surface area contributed by atoms with Gasteiger partial charge in [-0.25, -0.2) is 4.39 Å². The topological polar surface area (TPSA) is 21.3 Å². The van der Waals surface area contributed by atoms with Gasteiger partial charge in [-0.05, 0) is 54.0 Å². The SMILES string of the molecule is CCOc1ccccc1C(C)Nc1ccc(F)cc1Br. The number of rotatable bonds is 5. The van der Waals surface area contributed by atoms with Gasteiger partial charge in [-0.1, -0.05) is 18.2 Å². The highest BCUT2D eigenvalue weighted by Crippen LogP contribution is 2.31. The molecule has 0 heterocycles. The molecule has 2 nitrogen and oxygen atoms in total. The fraction of sp³-hybridized carbons (Fsp3) is 0.250. The molecule has 2 aromatic rings. The second kappa shape index (κ2) is 6.75. The van der Waals surface area contributed by atoms with Crippen molar-refractivity contribution in [2.45, 2.75) is 19.9 Å². The van der Waals surface area contributed by atoms with E-state index in [0.717, 1.165) is 17.0 Å². The van der Waals surface area contributed by atoms with Gasteiger partial charge in [-0.2, -0.15) is 0 Å². The third kappa shape index (κ3) is 3.51. The highest BCUT2D eigenvalue weighted by atomic mass is 79.9.